The summed E-state index contributed by atoms with van der Waals surface area (Å²) in [5.74, 6) is 0.780. The van der Waals surface area contributed by atoms with Crippen LogP contribution in [0, 0.1) is 0 Å². The van der Waals surface area contributed by atoms with E-state index < -0.39 is 10.0 Å². The lowest BCUT2D eigenvalue weighted by atomic mass is 10.1. The monoisotopic (exact) mass is 368 g/mol. The fourth-order valence-electron chi connectivity index (χ4n) is 3.25. The van der Waals surface area contributed by atoms with Crippen molar-refractivity contribution in [1.82, 2.24) is 14.5 Å². The minimum absolute atomic E-state index is 0.479. The number of nitrogens with zero attached hydrogens (tertiary/aromatic N) is 4. The highest BCUT2D eigenvalue weighted by Gasteiger charge is 2.24. The van der Waals surface area contributed by atoms with E-state index in [-0.39, 0.29) is 0 Å². The lowest BCUT2D eigenvalue weighted by molar-refractivity contribution is 0.386. The van der Waals surface area contributed by atoms with Gasteiger partial charge in [-0.25, -0.2) is 8.42 Å². The molecule has 2 aromatic carbocycles. The van der Waals surface area contributed by atoms with Crippen molar-refractivity contribution < 1.29 is 8.42 Å². The van der Waals surface area contributed by atoms with Crippen molar-refractivity contribution in [3.63, 3.8) is 0 Å². The molecule has 0 unspecified atom stereocenters. The fraction of sp³-hybridized carbons (Fsp3) is 0.263. The van der Waals surface area contributed by atoms with Crippen LogP contribution >= 0.6 is 0 Å². The van der Waals surface area contributed by atoms with Gasteiger partial charge in [0, 0.05) is 31.7 Å². The van der Waals surface area contributed by atoms with Crippen LogP contribution in [0.15, 0.2) is 54.6 Å². The number of anilines is 1. The van der Waals surface area contributed by atoms with E-state index >= 15 is 0 Å². The fourth-order valence-corrected chi connectivity index (χ4v) is 4.07. The molecule has 0 saturated carbocycles. The zero-order chi connectivity index (χ0) is 18.1. The molecule has 0 bridgehead atoms. The van der Waals surface area contributed by atoms with E-state index in [1.165, 1.54) is 21.3 Å². The first-order valence-electron chi connectivity index (χ1n) is 8.54. The first-order chi connectivity index (χ1) is 12.5. The van der Waals surface area contributed by atoms with Crippen molar-refractivity contribution in [1.29, 1.82) is 0 Å². The Morgan fingerprint density at radius 3 is 2.23 bits per heavy atom. The van der Waals surface area contributed by atoms with E-state index in [9.17, 15) is 8.42 Å². The molecule has 0 N–H and O–H groups in total. The van der Waals surface area contributed by atoms with Crippen molar-refractivity contribution in [2.24, 2.45) is 0 Å². The van der Waals surface area contributed by atoms with Crippen molar-refractivity contribution in [2.75, 3.05) is 37.3 Å². The minimum Gasteiger partial charge on any atom is -0.352 e. The van der Waals surface area contributed by atoms with Crippen molar-refractivity contribution in [3.05, 3.63) is 54.6 Å². The summed E-state index contributed by atoms with van der Waals surface area (Å²) in [5.41, 5.74) is 1.86. The molecule has 2 heterocycles. The summed E-state index contributed by atoms with van der Waals surface area (Å²) in [4.78, 5) is 2.07. The Labute approximate surface area is 153 Å². The Morgan fingerprint density at radius 2 is 1.58 bits per heavy atom. The highest BCUT2D eigenvalue weighted by molar-refractivity contribution is 7.88. The highest BCUT2D eigenvalue weighted by Crippen LogP contribution is 2.24. The van der Waals surface area contributed by atoms with E-state index in [0.717, 1.165) is 17.1 Å². The van der Waals surface area contributed by atoms with Gasteiger partial charge in [0.05, 0.1) is 11.9 Å². The second kappa shape index (κ2) is 6.66. The number of benzene rings is 2. The van der Waals surface area contributed by atoms with E-state index in [2.05, 4.69) is 45.4 Å². The molecule has 1 fully saturated rings. The van der Waals surface area contributed by atoms with Crippen LogP contribution in [0.1, 0.15) is 0 Å². The number of hydrogen-bond acceptors (Lipinski definition) is 5. The lowest BCUT2D eigenvalue weighted by Crippen LogP contribution is -2.48. The summed E-state index contributed by atoms with van der Waals surface area (Å²) in [6, 6.07) is 18.4. The Bertz CT molecular complexity index is 1030. The molecule has 0 radical (unpaired) electrons. The first-order valence-corrected chi connectivity index (χ1v) is 10.4. The zero-order valence-electron chi connectivity index (χ0n) is 14.5. The third-order valence-corrected chi connectivity index (χ3v) is 6.03. The summed E-state index contributed by atoms with van der Waals surface area (Å²) in [6.07, 6.45) is 1.25. The molecule has 1 saturated heterocycles. The number of rotatable bonds is 3. The van der Waals surface area contributed by atoms with Crippen LogP contribution in [0.25, 0.3) is 22.0 Å². The molecule has 6 nitrogen and oxygen atoms in total. The molecule has 3 aromatic rings. The molecular formula is C19H20N4O2S. The standard InChI is InChI=1S/C19H20N4O2S/c1-26(24,25)23-12-10-22(11-13-23)19-9-8-18(20-21-19)17-7-6-15-4-2-3-5-16(15)14-17/h2-9,14H,10-13H2,1H3. The molecule has 0 aliphatic carbocycles. The molecule has 7 heteroatoms. The van der Waals surface area contributed by atoms with Gasteiger partial charge >= 0.3 is 0 Å². The molecule has 134 valence electrons. The van der Waals surface area contributed by atoms with Crippen LogP contribution in [0.5, 0.6) is 0 Å². The molecule has 4 rings (SSSR count). The largest absolute Gasteiger partial charge is 0.352 e. The molecule has 1 aromatic heterocycles. The Morgan fingerprint density at radius 1 is 0.846 bits per heavy atom. The number of sulfonamides is 1. The predicted octanol–water partition coefficient (Wildman–Crippen LogP) is 2.38. The second-order valence-corrected chi connectivity index (χ2v) is 8.47. The van der Waals surface area contributed by atoms with Gasteiger partial charge in [-0.05, 0) is 29.0 Å². The molecule has 1 aliphatic heterocycles. The average molecular weight is 368 g/mol. The van der Waals surface area contributed by atoms with Gasteiger partial charge in [-0.3, -0.25) is 0 Å². The van der Waals surface area contributed by atoms with Crippen LogP contribution in [0.4, 0.5) is 5.82 Å². The molecule has 0 spiro atoms. The Balaban J connectivity index is 1.51. The highest BCUT2D eigenvalue weighted by atomic mass is 32.2. The SMILES string of the molecule is CS(=O)(=O)N1CCN(c2ccc(-c3ccc4ccccc4c3)nn2)CC1. The third kappa shape index (κ3) is 3.40. The molecule has 26 heavy (non-hydrogen) atoms. The number of hydrogen-bond donors (Lipinski definition) is 0. The van der Waals surface area contributed by atoms with Gasteiger partial charge in [-0.2, -0.15) is 4.31 Å². The quantitative estimate of drug-likeness (QED) is 0.710. The van der Waals surface area contributed by atoms with E-state index in [1.807, 2.05) is 24.3 Å². The van der Waals surface area contributed by atoms with Crippen LogP contribution in [-0.2, 0) is 10.0 Å². The van der Waals surface area contributed by atoms with Crippen LogP contribution in [0.3, 0.4) is 0 Å². The Kier molecular flexibility index (Phi) is 4.34. The molecule has 0 atom stereocenters. The van der Waals surface area contributed by atoms with Gasteiger partial charge in [0.1, 0.15) is 0 Å². The van der Waals surface area contributed by atoms with Crippen LogP contribution < -0.4 is 4.90 Å². The van der Waals surface area contributed by atoms with Gasteiger partial charge < -0.3 is 4.90 Å². The summed E-state index contributed by atoms with van der Waals surface area (Å²) in [6.45, 7) is 2.20. The third-order valence-electron chi connectivity index (χ3n) is 4.73. The Hall–Kier alpha value is -2.51. The summed E-state index contributed by atoms with van der Waals surface area (Å²) >= 11 is 0. The predicted molar refractivity (Wildman–Crippen MR) is 104 cm³/mol. The van der Waals surface area contributed by atoms with Gasteiger partial charge in [-0.15, -0.1) is 10.2 Å². The number of piperazine rings is 1. The van der Waals surface area contributed by atoms with Gasteiger partial charge in [0.25, 0.3) is 0 Å². The summed E-state index contributed by atoms with van der Waals surface area (Å²) in [5, 5.41) is 11.1. The van der Waals surface area contributed by atoms with Gasteiger partial charge in [0.15, 0.2) is 5.82 Å². The van der Waals surface area contributed by atoms with Crippen LogP contribution in [-0.4, -0.2) is 55.4 Å². The van der Waals surface area contributed by atoms with Crippen molar-refractivity contribution >= 4 is 26.6 Å². The topological polar surface area (TPSA) is 66.4 Å². The van der Waals surface area contributed by atoms with Crippen LogP contribution in [0.2, 0.25) is 0 Å². The molecule has 0 amide bonds. The van der Waals surface area contributed by atoms with E-state index in [1.54, 1.807) is 0 Å². The first kappa shape index (κ1) is 16.9. The van der Waals surface area contributed by atoms with Gasteiger partial charge in [-0.1, -0.05) is 36.4 Å². The maximum absolute atomic E-state index is 11.6. The number of aromatic nitrogens is 2. The maximum atomic E-state index is 11.6. The maximum Gasteiger partial charge on any atom is 0.211 e. The van der Waals surface area contributed by atoms with Crippen molar-refractivity contribution in [2.45, 2.75) is 0 Å². The number of fused-ring (bicyclic) bond motifs is 1. The van der Waals surface area contributed by atoms with Gasteiger partial charge in [0.2, 0.25) is 10.0 Å². The summed E-state index contributed by atoms with van der Waals surface area (Å²) in [7, 11) is -3.12. The average Bonchev–Trinajstić information content (AvgIpc) is 2.67. The molecular weight excluding hydrogens is 348 g/mol. The van der Waals surface area contributed by atoms with Crippen molar-refractivity contribution in [3.8, 4) is 11.3 Å². The lowest BCUT2D eigenvalue weighted by Gasteiger charge is -2.33. The van der Waals surface area contributed by atoms with E-state index in [0.29, 0.717) is 26.2 Å². The van der Waals surface area contributed by atoms with E-state index in [4.69, 9.17) is 0 Å². The summed E-state index contributed by atoms with van der Waals surface area (Å²) < 4.78 is 24.7. The smallest absolute Gasteiger partial charge is 0.211 e. The zero-order valence-corrected chi connectivity index (χ0v) is 15.4. The minimum atomic E-state index is -3.12. The molecule has 1 aliphatic rings. The second-order valence-electron chi connectivity index (χ2n) is 6.49. The normalized spacial score (nSPS) is 16.1.